The third-order valence-electron chi connectivity index (χ3n) is 3.49. The van der Waals surface area contributed by atoms with Gasteiger partial charge in [0.15, 0.2) is 0 Å². The van der Waals surface area contributed by atoms with Crippen molar-refractivity contribution in [3.05, 3.63) is 0 Å². The van der Waals surface area contributed by atoms with Crippen LogP contribution in [0.1, 0.15) is 44.9 Å². The summed E-state index contributed by atoms with van der Waals surface area (Å²) in [4.78, 5) is 0. The molecule has 1 fully saturated rings. The van der Waals surface area contributed by atoms with Crippen LogP contribution in [-0.4, -0.2) is 28.5 Å². The molecule has 4 N–H and O–H groups in total. The smallest absolute Gasteiger partial charge is 0.0958 e. The molecule has 3 atom stereocenters. The van der Waals surface area contributed by atoms with Gasteiger partial charge in [0, 0.05) is 12.5 Å². The molecule has 0 bridgehead atoms. The molecule has 0 aromatic carbocycles. The van der Waals surface area contributed by atoms with Crippen LogP contribution in [0.5, 0.6) is 0 Å². The molecule has 1 aliphatic rings. The molecule has 0 aliphatic heterocycles. The summed E-state index contributed by atoms with van der Waals surface area (Å²) >= 11 is 0. The van der Waals surface area contributed by atoms with E-state index < -0.39 is 12.2 Å². The summed E-state index contributed by atoms with van der Waals surface area (Å²) < 4.78 is 0. The Balaban J connectivity index is 2.32. The number of hydrogen-bond donors (Lipinski definition) is 3. The lowest BCUT2D eigenvalue weighted by Crippen LogP contribution is -2.44. The van der Waals surface area contributed by atoms with E-state index in [9.17, 15) is 10.2 Å². The van der Waals surface area contributed by atoms with Crippen LogP contribution in [0.4, 0.5) is 0 Å². The van der Waals surface area contributed by atoms with E-state index >= 15 is 0 Å². The topological polar surface area (TPSA) is 66.5 Å². The van der Waals surface area contributed by atoms with E-state index in [4.69, 9.17) is 12.2 Å². The van der Waals surface area contributed by atoms with Crippen molar-refractivity contribution in [2.24, 2.45) is 11.7 Å². The molecule has 92 valence electrons. The van der Waals surface area contributed by atoms with E-state index in [1.807, 2.05) is 0 Å². The lowest BCUT2D eigenvalue weighted by atomic mass is 9.83. The Morgan fingerprint density at radius 3 is 2.44 bits per heavy atom. The zero-order valence-electron chi connectivity index (χ0n) is 9.81. The minimum atomic E-state index is -0.891. The van der Waals surface area contributed by atoms with Crippen LogP contribution in [0.25, 0.3) is 0 Å². The highest BCUT2D eigenvalue weighted by molar-refractivity contribution is 4.92. The first kappa shape index (κ1) is 13.5. The van der Waals surface area contributed by atoms with Crippen molar-refractivity contribution in [2.45, 2.75) is 63.2 Å². The number of nitrogens with two attached hydrogens (primary N) is 1. The molecule has 1 aliphatic carbocycles. The average molecular weight is 225 g/mol. The predicted octanol–water partition coefficient (Wildman–Crippen LogP) is 1.03. The molecule has 1 unspecified atom stereocenters. The van der Waals surface area contributed by atoms with E-state index in [-0.39, 0.29) is 12.5 Å². The zero-order chi connectivity index (χ0) is 12.0. The SMILES string of the molecule is C#CC[C@H](O)[C@H](O)C(N)CC1CCCCC1. The highest BCUT2D eigenvalue weighted by atomic mass is 16.3. The molecule has 1 rings (SSSR count). The minimum absolute atomic E-state index is 0.166. The largest absolute Gasteiger partial charge is 0.389 e. The fraction of sp³-hybridized carbons (Fsp3) is 0.846. The summed E-state index contributed by atoms with van der Waals surface area (Å²) in [5.41, 5.74) is 5.90. The molecular formula is C13H23NO2. The lowest BCUT2D eigenvalue weighted by molar-refractivity contribution is 0.00157. The molecule has 16 heavy (non-hydrogen) atoms. The molecule has 0 aromatic heterocycles. The van der Waals surface area contributed by atoms with Crippen LogP contribution in [0.2, 0.25) is 0 Å². The number of terminal acetylenes is 1. The van der Waals surface area contributed by atoms with E-state index in [1.54, 1.807) is 0 Å². The second kappa shape index (κ2) is 6.90. The van der Waals surface area contributed by atoms with Crippen molar-refractivity contribution in [3.8, 4) is 12.3 Å². The van der Waals surface area contributed by atoms with Crippen molar-refractivity contribution in [3.63, 3.8) is 0 Å². The number of aliphatic hydroxyl groups excluding tert-OH is 2. The molecule has 0 heterocycles. The summed E-state index contributed by atoms with van der Waals surface area (Å²) in [6, 6.07) is -0.355. The van der Waals surface area contributed by atoms with E-state index in [0.717, 1.165) is 6.42 Å². The normalized spacial score (nSPS) is 23.4. The Morgan fingerprint density at radius 2 is 1.88 bits per heavy atom. The standard InChI is InChI=1S/C13H23NO2/c1-2-6-12(15)13(16)11(14)9-10-7-4-3-5-8-10/h1,10-13,15-16H,3-9,14H2/t11?,12-,13+/m0/s1. The molecule has 0 amide bonds. The Labute approximate surface area is 98.0 Å². The highest BCUT2D eigenvalue weighted by Gasteiger charge is 2.26. The molecule has 0 aromatic rings. The van der Waals surface area contributed by atoms with E-state index in [2.05, 4.69) is 5.92 Å². The maximum absolute atomic E-state index is 9.78. The quantitative estimate of drug-likeness (QED) is 0.612. The van der Waals surface area contributed by atoms with Crippen LogP contribution in [0.15, 0.2) is 0 Å². The third kappa shape index (κ3) is 4.13. The monoisotopic (exact) mass is 225 g/mol. The number of rotatable bonds is 5. The average Bonchev–Trinajstić information content (AvgIpc) is 2.29. The first-order chi connectivity index (χ1) is 7.65. The first-order valence-electron chi connectivity index (χ1n) is 6.20. The summed E-state index contributed by atoms with van der Waals surface area (Å²) in [6.45, 7) is 0. The van der Waals surface area contributed by atoms with Crippen molar-refractivity contribution in [2.75, 3.05) is 0 Å². The molecule has 0 saturated heterocycles. The zero-order valence-corrected chi connectivity index (χ0v) is 9.81. The molecule has 0 spiro atoms. The molecule has 1 saturated carbocycles. The Bertz CT molecular complexity index is 231. The minimum Gasteiger partial charge on any atom is -0.389 e. The molecule has 3 nitrogen and oxygen atoms in total. The van der Waals surface area contributed by atoms with Gasteiger partial charge < -0.3 is 15.9 Å². The fourth-order valence-corrected chi connectivity index (χ4v) is 2.47. The summed E-state index contributed by atoms with van der Waals surface area (Å²) in [5, 5.41) is 19.3. The van der Waals surface area contributed by atoms with Crippen molar-refractivity contribution in [1.29, 1.82) is 0 Å². The van der Waals surface area contributed by atoms with Gasteiger partial charge in [0.2, 0.25) is 0 Å². The van der Waals surface area contributed by atoms with Gasteiger partial charge in [-0.2, -0.15) is 0 Å². The van der Waals surface area contributed by atoms with Crippen LogP contribution in [0.3, 0.4) is 0 Å². The van der Waals surface area contributed by atoms with Gasteiger partial charge >= 0.3 is 0 Å². The molecule has 3 heteroatoms. The first-order valence-corrected chi connectivity index (χ1v) is 6.20. The maximum atomic E-state index is 9.78. The van der Waals surface area contributed by atoms with Crippen molar-refractivity contribution in [1.82, 2.24) is 0 Å². The van der Waals surface area contributed by atoms with Crippen LogP contribution < -0.4 is 5.73 Å². The highest BCUT2D eigenvalue weighted by Crippen LogP contribution is 2.27. The maximum Gasteiger partial charge on any atom is 0.0958 e. The Morgan fingerprint density at radius 1 is 1.25 bits per heavy atom. The molecule has 0 radical (unpaired) electrons. The van der Waals surface area contributed by atoms with E-state index in [1.165, 1.54) is 32.1 Å². The van der Waals surface area contributed by atoms with Crippen LogP contribution in [0, 0.1) is 18.3 Å². The second-order valence-electron chi connectivity index (χ2n) is 4.87. The van der Waals surface area contributed by atoms with Gasteiger partial charge in [-0.05, 0) is 12.3 Å². The van der Waals surface area contributed by atoms with Gasteiger partial charge in [-0.15, -0.1) is 12.3 Å². The lowest BCUT2D eigenvalue weighted by Gasteiger charge is -2.28. The van der Waals surface area contributed by atoms with Crippen molar-refractivity contribution < 1.29 is 10.2 Å². The van der Waals surface area contributed by atoms with Crippen molar-refractivity contribution >= 4 is 0 Å². The summed E-state index contributed by atoms with van der Waals surface area (Å²) in [5.74, 6) is 2.95. The van der Waals surface area contributed by atoms with Gasteiger partial charge in [0.05, 0.1) is 12.2 Å². The van der Waals surface area contributed by atoms with Gasteiger partial charge in [-0.3, -0.25) is 0 Å². The van der Waals surface area contributed by atoms with Gasteiger partial charge in [0.1, 0.15) is 0 Å². The Hall–Kier alpha value is -0.560. The summed E-state index contributed by atoms with van der Waals surface area (Å²) in [7, 11) is 0. The number of aliphatic hydroxyl groups is 2. The third-order valence-corrected chi connectivity index (χ3v) is 3.49. The number of hydrogen-bond acceptors (Lipinski definition) is 3. The second-order valence-corrected chi connectivity index (χ2v) is 4.87. The fourth-order valence-electron chi connectivity index (χ4n) is 2.47. The van der Waals surface area contributed by atoms with Crippen LogP contribution >= 0.6 is 0 Å². The van der Waals surface area contributed by atoms with Crippen LogP contribution in [-0.2, 0) is 0 Å². The molecular weight excluding hydrogens is 202 g/mol. The van der Waals surface area contributed by atoms with Gasteiger partial charge in [-0.25, -0.2) is 0 Å². The Kier molecular flexibility index (Phi) is 5.83. The van der Waals surface area contributed by atoms with Gasteiger partial charge in [-0.1, -0.05) is 32.1 Å². The van der Waals surface area contributed by atoms with E-state index in [0.29, 0.717) is 5.92 Å². The summed E-state index contributed by atoms with van der Waals surface area (Å²) in [6.07, 6.45) is 10.5. The van der Waals surface area contributed by atoms with Gasteiger partial charge in [0.25, 0.3) is 0 Å². The predicted molar refractivity (Wildman–Crippen MR) is 64.6 cm³/mol.